The van der Waals surface area contributed by atoms with Gasteiger partial charge in [-0.25, -0.2) is 4.98 Å². The van der Waals surface area contributed by atoms with Crippen molar-refractivity contribution in [2.24, 2.45) is 0 Å². The van der Waals surface area contributed by atoms with Crippen LogP contribution in [-0.4, -0.2) is 43.4 Å². The highest BCUT2D eigenvalue weighted by Crippen LogP contribution is 2.24. The topological polar surface area (TPSA) is 69.7 Å². The lowest BCUT2D eigenvalue weighted by atomic mass is 9.96. The van der Waals surface area contributed by atoms with E-state index in [-0.39, 0.29) is 5.91 Å². The van der Waals surface area contributed by atoms with Gasteiger partial charge in [0.25, 0.3) is 5.91 Å². The van der Waals surface area contributed by atoms with E-state index in [1.807, 2.05) is 26.8 Å². The van der Waals surface area contributed by atoms with Crippen molar-refractivity contribution in [3.63, 3.8) is 0 Å². The summed E-state index contributed by atoms with van der Waals surface area (Å²) in [5, 5.41) is 2.92. The van der Waals surface area contributed by atoms with Gasteiger partial charge in [-0.05, 0) is 33.3 Å². The van der Waals surface area contributed by atoms with Crippen molar-refractivity contribution < 1.29 is 19.0 Å². The van der Waals surface area contributed by atoms with Crippen LogP contribution < -0.4 is 10.1 Å². The van der Waals surface area contributed by atoms with Crippen LogP contribution in [0.5, 0.6) is 5.88 Å². The van der Waals surface area contributed by atoms with Crippen LogP contribution in [0.15, 0.2) is 12.3 Å². The standard InChI is InChI=1S/C19H32N2O4/c1-6-8-9-10-19(4,25-7-2)18(22)21-16-13-15(3)17(20-14-16)24-12-11-23-5/h13-14H,6-12H2,1-5H3,(H,21,22)/t19-/m0/s1. The highest BCUT2D eigenvalue weighted by atomic mass is 16.5. The van der Waals surface area contributed by atoms with Gasteiger partial charge in [0.15, 0.2) is 0 Å². The number of nitrogens with zero attached hydrogens (tertiary/aromatic N) is 1. The number of anilines is 1. The maximum Gasteiger partial charge on any atom is 0.256 e. The first-order valence-electron chi connectivity index (χ1n) is 9.00. The Morgan fingerprint density at radius 1 is 1.28 bits per heavy atom. The van der Waals surface area contributed by atoms with Crippen LogP contribution in [0.4, 0.5) is 5.69 Å². The Hall–Kier alpha value is -1.66. The molecule has 0 unspecified atom stereocenters. The van der Waals surface area contributed by atoms with Crippen molar-refractivity contribution in [1.29, 1.82) is 0 Å². The monoisotopic (exact) mass is 352 g/mol. The van der Waals surface area contributed by atoms with Crippen LogP contribution in [0.3, 0.4) is 0 Å². The molecule has 0 aromatic carbocycles. The average Bonchev–Trinajstić information content (AvgIpc) is 2.57. The fraction of sp³-hybridized carbons (Fsp3) is 0.684. The summed E-state index contributed by atoms with van der Waals surface area (Å²) in [6.45, 7) is 9.24. The molecule has 0 saturated carbocycles. The van der Waals surface area contributed by atoms with E-state index in [9.17, 15) is 4.79 Å². The third-order valence-corrected chi connectivity index (χ3v) is 4.01. The van der Waals surface area contributed by atoms with Gasteiger partial charge in [-0.3, -0.25) is 4.79 Å². The van der Waals surface area contributed by atoms with Crippen molar-refractivity contribution >= 4 is 11.6 Å². The van der Waals surface area contributed by atoms with Crippen LogP contribution in [0.2, 0.25) is 0 Å². The maximum atomic E-state index is 12.7. The van der Waals surface area contributed by atoms with Gasteiger partial charge in [0, 0.05) is 19.3 Å². The number of carbonyl (C=O) groups excluding carboxylic acids is 1. The molecule has 1 rings (SSSR count). The molecule has 1 aromatic rings. The molecule has 0 aliphatic carbocycles. The minimum Gasteiger partial charge on any atom is -0.475 e. The number of pyridine rings is 1. The van der Waals surface area contributed by atoms with Crippen LogP contribution in [0, 0.1) is 6.92 Å². The van der Waals surface area contributed by atoms with Crippen molar-refractivity contribution in [3.8, 4) is 5.88 Å². The summed E-state index contributed by atoms with van der Waals surface area (Å²) < 4.78 is 16.3. The van der Waals surface area contributed by atoms with E-state index in [2.05, 4.69) is 17.2 Å². The van der Waals surface area contributed by atoms with E-state index in [0.29, 0.717) is 37.8 Å². The summed E-state index contributed by atoms with van der Waals surface area (Å²) in [5.74, 6) is 0.408. The van der Waals surface area contributed by atoms with E-state index in [1.54, 1.807) is 13.3 Å². The molecule has 0 spiro atoms. The molecule has 0 bridgehead atoms. The third kappa shape index (κ3) is 7.00. The minimum absolute atomic E-state index is 0.139. The first-order valence-corrected chi connectivity index (χ1v) is 9.00. The SMILES string of the molecule is CCCCC[C@](C)(OCC)C(=O)Nc1cnc(OCCOC)c(C)c1. The van der Waals surface area contributed by atoms with Gasteiger partial charge in [-0.2, -0.15) is 0 Å². The fourth-order valence-corrected chi connectivity index (χ4v) is 2.55. The molecule has 1 aromatic heterocycles. The number of hydrogen-bond donors (Lipinski definition) is 1. The first kappa shape index (κ1) is 21.4. The lowest BCUT2D eigenvalue weighted by Crippen LogP contribution is -2.42. The minimum atomic E-state index is -0.828. The zero-order chi connectivity index (χ0) is 18.7. The first-order chi connectivity index (χ1) is 12.0. The highest BCUT2D eigenvalue weighted by Gasteiger charge is 2.33. The molecule has 1 atom stereocenters. The molecule has 0 fully saturated rings. The largest absolute Gasteiger partial charge is 0.475 e. The zero-order valence-electron chi connectivity index (χ0n) is 16.2. The Balaban J connectivity index is 2.74. The van der Waals surface area contributed by atoms with Crippen LogP contribution >= 0.6 is 0 Å². The molecule has 6 heteroatoms. The Labute approximate surface area is 151 Å². The lowest BCUT2D eigenvalue weighted by Gasteiger charge is -2.28. The quantitative estimate of drug-likeness (QED) is 0.581. The summed E-state index contributed by atoms with van der Waals surface area (Å²) in [6, 6.07) is 1.85. The second kappa shape index (κ2) is 11.1. The smallest absolute Gasteiger partial charge is 0.256 e. The number of rotatable bonds is 12. The molecule has 1 heterocycles. The molecule has 0 radical (unpaired) electrons. The summed E-state index contributed by atoms with van der Waals surface area (Å²) >= 11 is 0. The van der Waals surface area contributed by atoms with Crippen LogP contribution in [-0.2, 0) is 14.3 Å². The maximum absolute atomic E-state index is 12.7. The number of aryl methyl sites for hydroxylation is 1. The third-order valence-electron chi connectivity index (χ3n) is 4.01. The Morgan fingerprint density at radius 2 is 2.04 bits per heavy atom. The van der Waals surface area contributed by atoms with E-state index < -0.39 is 5.60 Å². The molecular weight excluding hydrogens is 320 g/mol. The van der Waals surface area contributed by atoms with Crippen molar-refractivity contribution in [2.75, 3.05) is 32.2 Å². The summed E-state index contributed by atoms with van der Waals surface area (Å²) in [4.78, 5) is 17.0. The Kier molecular flexibility index (Phi) is 9.45. The number of methoxy groups -OCH3 is 1. The summed E-state index contributed by atoms with van der Waals surface area (Å²) in [6.07, 6.45) is 5.46. The summed E-state index contributed by atoms with van der Waals surface area (Å²) in [7, 11) is 1.62. The molecule has 25 heavy (non-hydrogen) atoms. The molecule has 1 amide bonds. The molecule has 6 nitrogen and oxygen atoms in total. The Bertz CT molecular complexity index is 536. The van der Waals surface area contributed by atoms with Gasteiger partial charge in [0.05, 0.1) is 18.5 Å². The van der Waals surface area contributed by atoms with Crippen LogP contribution in [0.25, 0.3) is 0 Å². The number of hydrogen-bond acceptors (Lipinski definition) is 5. The molecule has 0 aliphatic rings. The normalized spacial score (nSPS) is 13.3. The van der Waals surface area contributed by atoms with Gasteiger partial charge in [-0.1, -0.05) is 26.2 Å². The Morgan fingerprint density at radius 3 is 2.64 bits per heavy atom. The second-order valence-electron chi connectivity index (χ2n) is 6.26. The number of amides is 1. The number of carbonyl (C=O) groups is 1. The van der Waals surface area contributed by atoms with Gasteiger partial charge >= 0.3 is 0 Å². The number of unbranched alkanes of at least 4 members (excludes halogenated alkanes) is 2. The molecular formula is C19H32N2O4. The van der Waals surface area contributed by atoms with Crippen molar-refractivity contribution in [1.82, 2.24) is 4.98 Å². The van der Waals surface area contributed by atoms with E-state index >= 15 is 0 Å². The molecule has 142 valence electrons. The summed E-state index contributed by atoms with van der Waals surface area (Å²) in [5.41, 5.74) is 0.673. The van der Waals surface area contributed by atoms with Gasteiger partial charge in [-0.15, -0.1) is 0 Å². The van der Waals surface area contributed by atoms with Crippen molar-refractivity contribution in [3.05, 3.63) is 17.8 Å². The van der Waals surface area contributed by atoms with E-state index in [4.69, 9.17) is 14.2 Å². The van der Waals surface area contributed by atoms with E-state index in [0.717, 1.165) is 24.8 Å². The predicted octanol–water partition coefficient (Wildman–Crippen LogP) is 3.73. The fourth-order valence-electron chi connectivity index (χ4n) is 2.55. The van der Waals surface area contributed by atoms with Gasteiger partial charge in [0.1, 0.15) is 12.2 Å². The van der Waals surface area contributed by atoms with Crippen molar-refractivity contribution in [2.45, 2.75) is 59.0 Å². The van der Waals surface area contributed by atoms with Gasteiger partial charge < -0.3 is 19.5 Å². The average molecular weight is 352 g/mol. The molecule has 1 N–H and O–H groups in total. The van der Waals surface area contributed by atoms with Crippen LogP contribution in [0.1, 0.15) is 52.0 Å². The number of nitrogens with one attached hydrogen (secondary N) is 1. The second-order valence-corrected chi connectivity index (χ2v) is 6.26. The zero-order valence-corrected chi connectivity index (χ0v) is 16.2. The molecule has 0 saturated heterocycles. The molecule has 0 aliphatic heterocycles. The number of aromatic nitrogens is 1. The lowest BCUT2D eigenvalue weighted by molar-refractivity contribution is -0.139. The number of ether oxygens (including phenoxy) is 3. The predicted molar refractivity (Wildman–Crippen MR) is 99.1 cm³/mol. The highest BCUT2D eigenvalue weighted by molar-refractivity contribution is 5.97. The van der Waals surface area contributed by atoms with E-state index in [1.165, 1.54) is 0 Å². The van der Waals surface area contributed by atoms with Gasteiger partial charge in [0.2, 0.25) is 5.88 Å².